The third-order valence-electron chi connectivity index (χ3n) is 2.78. The standard InChI is InChI=1S/C15H24ClNO2/c1-3-18-14-6-4-5-7-15(14)19-11-10-17-12-13(2)8-9-16/h4-7,13,17H,3,8-12H2,1-2H3. The van der Waals surface area contributed by atoms with Crippen molar-refractivity contribution in [1.29, 1.82) is 0 Å². The van der Waals surface area contributed by atoms with Gasteiger partial charge in [-0.05, 0) is 37.9 Å². The zero-order valence-electron chi connectivity index (χ0n) is 11.8. The first-order chi connectivity index (χ1) is 9.27. The smallest absolute Gasteiger partial charge is 0.161 e. The number of hydrogen-bond donors (Lipinski definition) is 1. The number of benzene rings is 1. The van der Waals surface area contributed by atoms with Gasteiger partial charge in [-0.1, -0.05) is 19.1 Å². The molecule has 0 spiro atoms. The summed E-state index contributed by atoms with van der Waals surface area (Å²) in [6, 6.07) is 7.76. The molecule has 3 nitrogen and oxygen atoms in total. The lowest BCUT2D eigenvalue weighted by Gasteiger charge is -2.13. The lowest BCUT2D eigenvalue weighted by atomic mass is 10.1. The van der Waals surface area contributed by atoms with Crippen LogP contribution < -0.4 is 14.8 Å². The van der Waals surface area contributed by atoms with Crippen molar-refractivity contribution in [2.24, 2.45) is 5.92 Å². The minimum absolute atomic E-state index is 0.605. The predicted molar refractivity (Wildman–Crippen MR) is 80.5 cm³/mol. The zero-order valence-corrected chi connectivity index (χ0v) is 12.6. The molecule has 0 fully saturated rings. The van der Waals surface area contributed by atoms with Crippen molar-refractivity contribution < 1.29 is 9.47 Å². The number of halogens is 1. The summed E-state index contributed by atoms with van der Waals surface area (Å²) in [5.74, 6) is 2.94. The maximum absolute atomic E-state index is 5.72. The highest BCUT2D eigenvalue weighted by Gasteiger charge is 2.03. The second kappa shape index (κ2) is 9.93. The average Bonchev–Trinajstić information content (AvgIpc) is 2.41. The quantitative estimate of drug-likeness (QED) is 0.528. The van der Waals surface area contributed by atoms with E-state index in [2.05, 4.69) is 12.2 Å². The van der Waals surface area contributed by atoms with Crippen LogP contribution in [0.5, 0.6) is 11.5 Å². The topological polar surface area (TPSA) is 30.5 Å². The number of hydrogen-bond acceptors (Lipinski definition) is 3. The number of alkyl halides is 1. The van der Waals surface area contributed by atoms with Crippen LogP contribution >= 0.6 is 11.6 Å². The molecule has 1 atom stereocenters. The first-order valence-corrected chi connectivity index (χ1v) is 7.42. The van der Waals surface area contributed by atoms with Crippen LogP contribution in [0, 0.1) is 5.92 Å². The summed E-state index contributed by atoms with van der Waals surface area (Å²) >= 11 is 5.70. The first-order valence-electron chi connectivity index (χ1n) is 6.89. The highest BCUT2D eigenvalue weighted by molar-refractivity contribution is 6.17. The maximum atomic E-state index is 5.72. The fourth-order valence-electron chi connectivity index (χ4n) is 1.71. The Balaban J connectivity index is 2.22. The van der Waals surface area contributed by atoms with E-state index in [-0.39, 0.29) is 0 Å². The fourth-order valence-corrected chi connectivity index (χ4v) is 2.09. The Labute approximate surface area is 121 Å². The summed E-state index contributed by atoms with van der Waals surface area (Å²) in [7, 11) is 0. The molecule has 1 rings (SSSR count). The van der Waals surface area contributed by atoms with Gasteiger partial charge in [-0.3, -0.25) is 0 Å². The lowest BCUT2D eigenvalue weighted by molar-refractivity contribution is 0.274. The van der Waals surface area contributed by atoms with Crippen LogP contribution in [0.2, 0.25) is 0 Å². The van der Waals surface area contributed by atoms with E-state index in [1.807, 2.05) is 31.2 Å². The van der Waals surface area contributed by atoms with Gasteiger partial charge in [-0.25, -0.2) is 0 Å². The Kier molecular flexibility index (Phi) is 8.43. The Morgan fingerprint density at radius 3 is 2.53 bits per heavy atom. The largest absolute Gasteiger partial charge is 0.490 e. The molecule has 1 unspecified atom stereocenters. The first kappa shape index (κ1) is 16.1. The SMILES string of the molecule is CCOc1ccccc1OCCNCC(C)CCCl. The van der Waals surface area contributed by atoms with Gasteiger partial charge in [0.25, 0.3) is 0 Å². The Bertz CT molecular complexity index is 347. The molecule has 0 radical (unpaired) electrons. The molecule has 0 bridgehead atoms. The Morgan fingerprint density at radius 2 is 1.89 bits per heavy atom. The second-order valence-corrected chi connectivity index (χ2v) is 4.89. The lowest BCUT2D eigenvalue weighted by Crippen LogP contribution is -2.26. The maximum Gasteiger partial charge on any atom is 0.161 e. The molecular formula is C15H24ClNO2. The Morgan fingerprint density at radius 1 is 1.21 bits per heavy atom. The highest BCUT2D eigenvalue weighted by Crippen LogP contribution is 2.25. The molecule has 108 valence electrons. The van der Waals surface area contributed by atoms with Gasteiger partial charge in [-0.2, -0.15) is 0 Å². The van der Waals surface area contributed by atoms with Gasteiger partial charge in [0, 0.05) is 12.4 Å². The summed E-state index contributed by atoms with van der Waals surface area (Å²) < 4.78 is 11.2. The molecule has 1 aromatic rings. The third kappa shape index (κ3) is 6.69. The molecule has 19 heavy (non-hydrogen) atoms. The van der Waals surface area contributed by atoms with Crippen LogP contribution in [-0.4, -0.2) is 32.2 Å². The van der Waals surface area contributed by atoms with E-state index < -0.39 is 0 Å². The minimum atomic E-state index is 0.605. The van der Waals surface area contributed by atoms with E-state index in [4.69, 9.17) is 21.1 Å². The van der Waals surface area contributed by atoms with Crippen molar-refractivity contribution in [3.05, 3.63) is 24.3 Å². The van der Waals surface area contributed by atoms with Gasteiger partial charge in [0.2, 0.25) is 0 Å². The van der Waals surface area contributed by atoms with E-state index in [1.165, 1.54) is 0 Å². The van der Waals surface area contributed by atoms with E-state index >= 15 is 0 Å². The van der Waals surface area contributed by atoms with Crippen LogP contribution in [0.1, 0.15) is 20.3 Å². The molecule has 4 heteroatoms. The zero-order chi connectivity index (χ0) is 13.9. The summed E-state index contributed by atoms with van der Waals surface area (Å²) in [5, 5.41) is 3.37. The summed E-state index contributed by atoms with van der Waals surface area (Å²) in [4.78, 5) is 0. The van der Waals surface area contributed by atoms with Crippen LogP contribution in [0.4, 0.5) is 0 Å². The summed E-state index contributed by atoms with van der Waals surface area (Å²) in [6.07, 6.45) is 1.04. The molecule has 0 aliphatic rings. The van der Waals surface area contributed by atoms with Gasteiger partial charge < -0.3 is 14.8 Å². The normalized spacial score (nSPS) is 12.2. The van der Waals surface area contributed by atoms with Crippen molar-refractivity contribution >= 4 is 11.6 Å². The molecule has 1 aromatic carbocycles. The summed E-state index contributed by atoms with van der Waals surface area (Å²) in [5.41, 5.74) is 0. The molecule has 0 aliphatic carbocycles. The molecule has 0 heterocycles. The summed E-state index contributed by atoms with van der Waals surface area (Å²) in [6.45, 7) is 7.25. The van der Waals surface area contributed by atoms with Gasteiger partial charge in [0.15, 0.2) is 11.5 Å². The molecule has 0 aliphatic heterocycles. The van der Waals surface area contributed by atoms with Crippen LogP contribution in [0.3, 0.4) is 0 Å². The van der Waals surface area contributed by atoms with Crippen LogP contribution in [0.25, 0.3) is 0 Å². The van der Waals surface area contributed by atoms with Gasteiger partial charge in [0.05, 0.1) is 6.61 Å². The van der Waals surface area contributed by atoms with Gasteiger partial charge in [0.1, 0.15) is 6.61 Å². The Hall–Kier alpha value is -0.930. The van der Waals surface area contributed by atoms with E-state index in [9.17, 15) is 0 Å². The molecule has 0 amide bonds. The van der Waals surface area contributed by atoms with Crippen molar-refractivity contribution in [2.75, 3.05) is 32.2 Å². The molecule has 1 N–H and O–H groups in total. The predicted octanol–water partition coefficient (Wildman–Crippen LogP) is 3.32. The van der Waals surface area contributed by atoms with Crippen molar-refractivity contribution in [3.63, 3.8) is 0 Å². The van der Waals surface area contributed by atoms with Crippen LogP contribution in [-0.2, 0) is 0 Å². The number of para-hydroxylation sites is 2. The second-order valence-electron chi connectivity index (χ2n) is 4.52. The number of nitrogens with one attached hydrogen (secondary N) is 1. The van der Waals surface area contributed by atoms with Crippen molar-refractivity contribution in [1.82, 2.24) is 5.32 Å². The van der Waals surface area contributed by atoms with Crippen molar-refractivity contribution in [3.8, 4) is 11.5 Å². The average molecular weight is 286 g/mol. The molecule has 0 saturated heterocycles. The number of ether oxygens (including phenoxy) is 2. The van der Waals surface area contributed by atoms with Crippen molar-refractivity contribution in [2.45, 2.75) is 20.3 Å². The minimum Gasteiger partial charge on any atom is -0.490 e. The third-order valence-corrected chi connectivity index (χ3v) is 3.00. The highest BCUT2D eigenvalue weighted by atomic mass is 35.5. The van der Waals surface area contributed by atoms with Gasteiger partial charge in [-0.15, -0.1) is 11.6 Å². The fraction of sp³-hybridized carbons (Fsp3) is 0.600. The molecule has 0 aromatic heterocycles. The molecular weight excluding hydrogens is 262 g/mol. The van der Waals surface area contributed by atoms with E-state index in [0.717, 1.165) is 36.9 Å². The van der Waals surface area contributed by atoms with E-state index in [0.29, 0.717) is 19.1 Å². The van der Waals surface area contributed by atoms with Crippen LogP contribution in [0.15, 0.2) is 24.3 Å². The van der Waals surface area contributed by atoms with Gasteiger partial charge >= 0.3 is 0 Å². The monoisotopic (exact) mass is 285 g/mol. The molecule has 0 saturated carbocycles. The number of rotatable bonds is 10. The van der Waals surface area contributed by atoms with E-state index in [1.54, 1.807) is 0 Å².